The van der Waals surface area contributed by atoms with Crippen molar-refractivity contribution < 1.29 is 19.0 Å². The van der Waals surface area contributed by atoms with Crippen molar-refractivity contribution in [3.63, 3.8) is 0 Å². The molecule has 0 saturated carbocycles. The summed E-state index contributed by atoms with van der Waals surface area (Å²) in [4.78, 5) is 0. The molecule has 3 heterocycles. The van der Waals surface area contributed by atoms with E-state index in [1.54, 1.807) is 16.9 Å². The molecular weight excluding hydrogens is 313 g/mol. The Morgan fingerprint density at radius 2 is 2.33 bits per heavy atom. The second-order valence-corrected chi connectivity index (χ2v) is 6.39. The fourth-order valence-corrected chi connectivity index (χ4v) is 3.41. The number of rotatable bonds is 4. The molecule has 1 aromatic carbocycles. The van der Waals surface area contributed by atoms with E-state index in [4.69, 9.17) is 9.47 Å². The summed E-state index contributed by atoms with van der Waals surface area (Å²) in [6.45, 7) is 2.80. The largest absolute Gasteiger partial charge is 0.389 e. The lowest BCUT2D eigenvalue weighted by molar-refractivity contribution is -0.168. The van der Waals surface area contributed by atoms with E-state index in [1.807, 2.05) is 19.2 Å². The number of hydrogen-bond donors (Lipinski definition) is 2. The van der Waals surface area contributed by atoms with Gasteiger partial charge in [-0.3, -0.25) is 4.68 Å². The molecule has 2 aliphatic heterocycles. The molecule has 0 aliphatic carbocycles. The predicted octanol–water partition coefficient (Wildman–Crippen LogP) is 1.15. The van der Waals surface area contributed by atoms with Crippen LogP contribution in [0.15, 0.2) is 36.7 Å². The van der Waals surface area contributed by atoms with Crippen LogP contribution in [-0.4, -0.2) is 46.0 Å². The number of aliphatic hydroxyl groups is 1. The maximum atomic E-state index is 13.3. The molecule has 4 rings (SSSR count). The molecule has 2 aromatic rings. The van der Waals surface area contributed by atoms with Gasteiger partial charge in [0, 0.05) is 12.7 Å². The summed E-state index contributed by atoms with van der Waals surface area (Å²) in [5, 5.41) is 18.4. The van der Waals surface area contributed by atoms with Gasteiger partial charge < -0.3 is 19.9 Å². The fraction of sp³-hybridized carbons (Fsp3) is 0.471. The van der Waals surface area contributed by atoms with Gasteiger partial charge in [-0.25, -0.2) is 4.39 Å². The summed E-state index contributed by atoms with van der Waals surface area (Å²) in [5.41, 5.74) is 1.82. The Balaban J connectivity index is 1.52. The minimum absolute atomic E-state index is 0.230. The average molecular weight is 333 g/mol. The lowest BCUT2D eigenvalue weighted by Crippen LogP contribution is -2.57. The van der Waals surface area contributed by atoms with Crippen LogP contribution in [0.5, 0.6) is 0 Å². The first-order chi connectivity index (χ1) is 11.6. The highest BCUT2D eigenvalue weighted by Gasteiger charge is 2.51. The Labute approximate surface area is 139 Å². The van der Waals surface area contributed by atoms with Crippen molar-refractivity contribution in [1.29, 1.82) is 0 Å². The van der Waals surface area contributed by atoms with Crippen molar-refractivity contribution in [2.45, 2.75) is 44.1 Å². The Kier molecular flexibility index (Phi) is 4.09. The maximum absolute atomic E-state index is 13.3. The lowest BCUT2D eigenvalue weighted by atomic mass is 9.96. The Morgan fingerprint density at radius 3 is 3.08 bits per heavy atom. The molecule has 24 heavy (non-hydrogen) atoms. The molecule has 7 heteroatoms. The monoisotopic (exact) mass is 333 g/mol. The van der Waals surface area contributed by atoms with E-state index in [1.165, 1.54) is 12.1 Å². The van der Waals surface area contributed by atoms with Gasteiger partial charge in [-0.1, -0.05) is 12.1 Å². The number of ether oxygens (including phenoxy) is 2. The van der Waals surface area contributed by atoms with E-state index in [0.29, 0.717) is 13.2 Å². The Hall–Kier alpha value is -1.80. The highest BCUT2D eigenvalue weighted by atomic mass is 19.1. The minimum atomic E-state index is -0.718. The third kappa shape index (κ3) is 2.84. The van der Waals surface area contributed by atoms with E-state index in [9.17, 15) is 9.50 Å². The van der Waals surface area contributed by atoms with Gasteiger partial charge in [0.25, 0.3) is 0 Å². The van der Waals surface area contributed by atoms with Crippen molar-refractivity contribution in [3.05, 3.63) is 53.6 Å². The van der Waals surface area contributed by atoms with E-state index in [0.717, 1.165) is 11.1 Å². The van der Waals surface area contributed by atoms with Crippen LogP contribution in [0, 0.1) is 12.7 Å². The van der Waals surface area contributed by atoms with Gasteiger partial charge in [0.2, 0.25) is 0 Å². The molecule has 2 N–H and O–H groups in total. The Morgan fingerprint density at radius 1 is 1.46 bits per heavy atom. The molecule has 2 bridgehead atoms. The first-order valence-electron chi connectivity index (χ1n) is 8.05. The van der Waals surface area contributed by atoms with Gasteiger partial charge in [0.1, 0.15) is 18.0 Å². The van der Waals surface area contributed by atoms with Crippen LogP contribution in [0.25, 0.3) is 0 Å². The van der Waals surface area contributed by atoms with Crippen LogP contribution < -0.4 is 5.32 Å². The van der Waals surface area contributed by atoms with Gasteiger partial charge in [-0.05, 0) is 30.2 Å². The molecule has 0 amide bonds. The van der Waals surface area contributed by atoms with Gasteiger partial charge in [0.05, 0.1) is 24.9 Å². The smallest absolute Gasteiger partial charge is 0.183 e. The highest BCUT2D eigenvalue weighted by Crippen LogP contribution is 2.35. The molecule has 2 fully saturated rings. The fourth-order valence-electron chi connectivity index (χ4n) is 3.41. The second-order valence-electron chi connectivity index (χ2n) is 6.39. The van der Waals surface area contributed by atoms with E-state index >= 15 is 0 Å². The highest BCUT2D eigenvalue weighted by molar-refractivity contribution is 5.16. The molecular formula is C17H20FN3O3. The summed E-state index contributed by atoms with van der Waals surface area (Å²) < 4.78 is 26.6. The zero-order valence-corrected chi connectivity index (χ0v) is 13.3. The zero-order valence-electron chi connectivity index (χ0n) is 13.3. The van der Waals surface area contributed by atoms with Crippen LogP contribution >= 0.6 is 0 Å². The number of fused-ring (bicyclic) bond motifs is 2. The predicted molar refractivity (Wildman–Crippen MR) is 83.6 cm³/mol. The standard InChI is InChI=1S/C17H20FN3O3/c1-10-6-20-21(8-10)15-16(22)14(13-9-23-17(15)24-13)19-7-11-3-2-4-12(18)5-11/h2-6,8,13-17,19,22H,7,9H2,1H3. The molecule has 6 nitrogen and oxygen atoms in total. The van der Waals surface area contributed by atoms with Crippen molar-refractivity contribution >= 4 is 0 Å². The molecule has 0 radical (unpaired) electrons. The molecule has 5 unspecified atom stereocenters. The Bertz CT molecular complexity index is 723. The molecule has 0 spiro atoms. The number of nitrogens with one attached hydrogen (secondary N) is 1. The van der Waals surface area contributed by atoms with Gasteiger partial charge in [0.15, 0.2) is 6.29 Å². The second kappa shape index (κ2) is 6.25. The topological polar surface area (TPSA) is 68.5 Å². The summed E-state index contributed by atoms with van der Waals surface area (Å²) in [5.74, 6) is -0.274. The minimum Gasteiger partial charge on any atom is -0.389 e. The quantitative estimate of drug-likeness (QED) is 0.878. The van der Waals surface area contributed by atoms with Gasteiger partial charge in [-0.15, -0.1) is 0 Å². The SMILES string of the molecule is Cc1cnn(C2C3OCC(O3)C(NCc3cccc(F)c3)C2O)c1. The van der Waals surface area contributed by atoms with Crippen LogP contribution in [0.2, 0.25) is 0 Å². The lowest BCUT2D eigenvalue weighted by Gasteiger charge is -2.38. The summed E-state index contributed by atoms with van der Waals surface area (Å²) >= 11 is 0. The first-order valence-corrected chi connectivity index (χ1v) is 8.05. The average Bonchev–Trinajstić information content (AvgIpc) is 3.16. The van der Waals surface area contributed by atoms with E-state index in [-0.39, 0.29) is 18.0 Å². The number of nitrogens with zero attached hydrogens (tertiary/aromatic N) is 2. The number of aromatic nitrogens is 2. The van der Waals surface area contributed by atoms with Gasteiger partial charge >= 0.3 is 0 Å². The van der Waals surface area contributed by atoms with E-state index in [2.05, 4.69) is 10.4 Å². The van der Waals surface area contributed by atoms with Crippen LogP contribution in [-0.2, 0) is 16.0 Å². The van der Waals surface area contributed by atoms with Crippen molar-refractivity contribution in [3.8, 4) is 0 Å². The summed E-state index contributed by atoms with van der Waals surface area (Å²) in [7, 11) is 0. The zero-order chi connectivity index (χ0) is 16.7. The van der Waals surface area contributed by atoms with Crippen molar-refractivity contribution in [2.75, 3.05) is 6.61 Å². The summed E-state index contributed by atoms with van der Waals surface area (Å²) in [6.07, 6.45) is 2.15. The first kappa shape index (κ1) is 15.7. The van der Waals surface area contributed by atoms with Crippen LogP contribution in [0.1, 0.15) is 17.2 Å². The number of hydrogen-bond acceptors (Lipinski definition) is 5. The molecule has 1 aromatic heterocycles. The maximum Gasteiger partial charge on any atom is 0.183 e. The third-order valence-electron chi connectivity index (χ3n) is 4.60. The molecule has 5 atom stereocenters. The van der Waals surface area contributed by atoms with E-state index < -0.39 is 18.4 Å². The van der Waals surface area contributed by atoms with Crippen molar-refractivity contribution in [2.24, 2.45) is 0 Å². The van der Waals surface area contributed by atoms with Crippen LogP contribution in [0.3, 0.4) is 0 Å². The number of halogens is 1. The summed E-state index contributed by atoms with van der Waals surface area (Å²) in [6, 6.07) is 5.67. The molecule has 128 valence electrons. The van der Waals surface area contributed by atoms with Crippen LogP contribution in [0.4, 0.5) is 4.39 Å². The number of benzene rings is 1. The number of aliphatic hydroxyl groups excluding tert-OH is 1. The third-order valence-corrected chi connectivity index (χ3v) is 4.60. The van der Waals surface area contributed by atoms with Gasteiger partial charge in [-0.2, -0.15) is 5.10 Å². The molecule has 2 saturated heterocycles. The molecule has 2 aliphatic rings. The normalized spacial score (nSPS) is 32.2. The van der Waals surface area contributed by atoms with Crippen molar-refractivity contribution in [1.82, 2.24) is 15.1 Å². The number of aryl methyl sites for hydroxylation is 1.